The van der Waals surface area contributed by atoms with Crippen LogP contribution in [0.2, 0.25) is 0 Å². The number of nitrogens with zero attached hydrogens (tertiary/aromatic N) is 1. The molecule has 2 fully saturated rings. The van der Waals surface area contributed by atoms with E-state index in [2.05, 4.69) is 31.2 Å². The quantitative estimate of drug-likeness (QED) is 0.534. The van der Waals surface area contributed by atoms with E-state index >= 15 is 0 Å². The van der Waals surface area contributed by atoms with E-state index in [0.29, 0.717) is 24.7 Å². The predicted molar refractivity (Wildman–Crippen MR) is 119 cm³/mol. The van der Waals surface area contributed by atoms with E-state index in [0.717, 1.165) is 5.56 Å². The Labute approximate surface area is 181 Å². The highest BCUT2D eigenvalue weighted by molar-refractivity contribution is 5.38. The summed E-state index contributed by atoms with van der Waals surface area (Å²) in [6.07, 6.45) is 10.0. The maximum Gasteiger partial charge on any atom is 0.183 e. The number of rotatable bonds is 6. The maximum absolute atomic E-state index is 8.99. The zero-order chi connectivity index (χ0) is 20.8. The number of hydrogen-bond donors (Lipinski definition) is 0. The second-order valence-corrected chi connectivity index (χ2v) is 8.83. The average molecular weight is 404 g/mol. The molecule has 0 aromatic heterocycles. The normalized spacial score (nSPS) is 22.5. The molecule has 1 heterocycles. The van der Waals surface area contributed by atoms with Crippen LogP contribution in [0.1, 0.15) is 97.8 Å². The van der Waals surface area contributed by atoms with Crippen LogP contribution >= 0.6 is 0 Å². The van der Waals surface area contributed by atoms with Gasteiger partial charge in [0, 0.05) is 11.5 Å². The SMILES string of the molecule is CCCCc1ccc([C@H]2CO[C@H](c3ccc(C#N)cc3)OC2)c(C2CCCCC2)c1. The molecule has 0 amide bonds. The molecule has 0 radical (unpaired) electrons. The lowest BCUT2D eigenvalue weighted by Gasteiger charge is -2.33. The number of unbranched alkanes of at least 4 members (excludes halogenated alkanes) is 1. The van der Waals surface area contributed by atoms with E-state index in [4.69, 9.17) is 14.7 Å². The molecule has 0 atom stereocenters. The van der Waals surface area contributed by atoms with Crippen molar-refractivity contribution in [1.82, 2.24) is 0 Å². The largest absolute Gasteiger partial charge is 0.348 e. The molecule has 2 aliphatic rings. The van der Waals surface area contributed by atoms with Gasteiger partial charge in [0.1, 0.15) is 0 Å². The van der Waals surface area contributed by atoms with Crippen LogP contribution in [0.3, 0.4) is 0 Å². The Morgan fingerprint density at radius 3 is 2.30 bits per heavy atom. The van der Waals surface area contributed by atoms with E-state index < -0.39 is 0 Å². The highest BCUT2D eigenvalue weighted by Gasteiger charge is 2.28. The van der Waals surface area contributed by atoms with E-state index in [1.54, 1.807) is 5.56 Å². The minimum Gasteiger partial charge on any atom is -0.348 e. The van der Waals surface area contributed by atoms with Gasteiger partial charge in [-0.2, -0.15) is 5.26 Å². The molecule has 0 unspecified atom stereocenters. The van der Waals surface area contributed by atoms with Crippen molar-refractivity contribution in [2.75, 3.05) is 13.2 Å². The summed E-state index contributed by atoms with van der Waals surface area (Å²) in [5, 5.41) is 8.99. The Kier molecular flexibility index (Phi) is 7.20. The lowest BCUT2D eigenvalue weighted by molar-refractivity contribution is -0.191. The molecule has 30 heavy (non-hydrogen) atoms. The smallest absolute Gasteiger partial charge is 0.183 e. The third-order valence-corrected chi connectivity index (χ3v) is 6.66. The summed E-state index contributed by atoms with van der Waals surface area (Å²) >= 11 is 0. The molecule has 0 bridgehead atoms. The van der Waals surface area contributed by atoms with Crippen LogP contribution in [-0.4, -0.2) is 13.2 Å². The van der Waals surface area contributed by atoms with Gasteiger partial charge in [-0.3, -0.25) is 0 Å². The van der Waals surface area contributed by atoms with Gasteiger partial charge >= 0.3 is 0 Å². The van der Waals surface area contributed by atoms with Crippen molar-refractivity contribution in [3.05, 3.63) is 70.3 Å². The molecule has 3 heteroatoms. The third kappa shape index (κ3) is 4.94. The number of hydrogen-bond acceptors (Lipinski definition) is 3. The fourth-order valence-electron chi connectivity index (χ4n) is 4.89. The second-order valence-electron chi connectivity index (χ2n) is 8.83. The molecule has 0 spiro atoms. The maximum atomic E-state index is 8.99. The van der Waals surface area contributed by atoms with Crippen LogP contribution in [0.5, 0.6) is 0 Å². The number of benzene rings is 2. The summed E-state index contributed by atoms with van der Waals surface area (Å²) < 4.78 is 12.3. The molecule has 158 valence electrons. The Morgan fingerprint density at radius 1 is 0.900 bits per heavy atom. The molecule has 4 rings (SSSR count). The third-order valence-electron chi connectivity index (χ3n) is 6.66. The Morgan fingerprint density at radius 2 is 1.63 bits per heavy atom. The summed E-state index contributed by atoms with van der Waals surface area (Å²) in [5.41, 5.74) is 6.11. The van der Waals surface area contributed by atoms with E-state index in [1.807, 2.05) is 24.3 Å². The first kappa shape index (κ1) is 21.1. The minimum atomic E-state index is -0.337. The minimum absolute atomic E-state index is 0.289. The fraction of sp³-hybridized carbons (Fsp3) is 0.519. The lowest BCUT2D eigenvalue weighted by Crippen LogP contribution is -2.27. The van der Waals surface area contributed by atoms with Gasteiger partial charge in [-0.25, -0.2) is 0 Å². The highest BCUT2D eigenvalue weighted by atomic mass is 16.7. The molecule has 1 saturated carbocycles. The van der Waals surface area contributed by atoms with Gasteiger partial charge in [0.05, 0.1) is 24.8 Å². The number of nitriles is 1. The zero-order valence-electron chi connectivity index (χ0n) is 18.1. The van der Waals surface area contributed by atoms with Crippen molar-refractivity contribution in [3.8, 4) is 6.07 Å². The van der Waals surface area contributed by atoms with Crippen LogP contribution in [0, 0.1) is 11.3 Å². The van der Waals surface area contributed by atoms with E-state index in [-0.39, 0.29) is 12.2 Å². The topological polar surface area (TPSA) is 42.2 Å². The molecule has 0 N–H and O–H groups in total. The molecule has 1 aliphatic carbocycles. The number of ether oxygens (including phenoxy) is 2. The van der Waals surface area contributed by atoms with Crippen LogP contribution in [0.4, 0.5) is 0 Å². The lowest BCUT2D eigenvalue weighted by atomic mass is 9.78. The van der Waals surface area contributed by atoms with Gasteiger partial charge in [0.25, 0.3) is 0 Å². The van der Waals surface area contributed by atoms with Gasteiger partial charge < -0.3 is 9.47 Å². The molecular formula is C27H33NO2. The molecule has 1 aliphatic heterocycles. The second kappa shape index (κ2) is 10.2. The van der Waals surface area contributed by atoms with Gasteiger partial charge in [0.2, 0.25) is 0 Å². The van der Waals surface area contributed by atoms with Crippen molar-refractivity contribution in [2.45, 2.75) is 76.4 Å². The summed E-state index contributed by atoms with van der Waals surface area (Å²) in [4.78, 5) is 0. The fourth-order valence-corrected chi connectivity index (χ4v) is 4.89. The van der Waals surface area contributed by atoms with Gasteiger partial charge in [-0.15, -0.1) is 0 Å². The first-order valence-corrected chi connectivity index (χ1v) is 11.6. The van der Waals surface area contributed by atoms with Gasteiger partial charge in [-0.05, 0) is 60.4 Å². The van der Waals surface area contributed by atoms with Crippen molar-refractivity contribution < 1.29 is 9.47 Å². The predicted octanol–water partition coefficient (Wildman–Crippen LogP) is 6.78. The Bertz CT molecular complexity index is 853. The molecule has 3 nitrogen and oxygen atoms in total. The van der Waals surface area contributed by atoms with Crippen molar-refractivity contribution in [3.63, 3.8) is 0 Å². The summed E-state index contributed by atoms with van der Waals surface area (Å²) in [5.74, 6) is 0.975. The molecular weight excluding hydrogens is 370 g/mol. The van der Waals surface area contributed by atoms with Gasteiger partial charge in [0.15, 0.2) is 6.29 Å². The summed E-state index contributed by atoms with van der Waals surface area (Å²) in [6, 6.07) is 16.8. The molecule has 2 aromatic carbocycles. The zero-order valence-corrected chi connectivity index (χ0v) is 18.1. The van der Waals surface area contributed by atoms with Crippen molar-refractivity contribution in [2.24, 2.45) is 0 Å². The molecule has 1 saturated heterocycles. The Hall–Kier alpha value is -2.15. The van der Waals surface area contributed by atoms with Crippen LogP contribution in [0.25, 0.3) is 0 Å². The van der Waals surface area contributed by atoms with E-state index in [1.165, 1.54) is 62.5 Å². The standard InChI is InChI=1S/C27H33NO2/c1-2-3-7-20-12-15-25(26(16-20)22-8-5-4-6-9-22)24-18-29-27(30-19-24)23-13-10-21(17-28)11-14-23/h10-16,22,24,27H,2-9,18-19H2,1H3/t24-,27-. The highest BCUT2D eigenvalue weighted by Crippen LogP contribution is 2.39. The first-order chi connectivity index (χ1) is 14.8. The number of aryl methyl sites for hydroxylation is 1. The Balaban J connectivity index is 1.49. The van der Waals surface area contributed by atoms with Crippen molar-refractivity contribution >= 4 is 0 Å². The molecule has 2 aromatic rings. The van der Waals surface area contributed by atoms with Crippen LogP contribution in [-0.2, 0) is 15.9 Å². The van der Waals surface area contributed by atoms with E-state index in [9.17, 15) is 0 Å². The summed E-state index contributed by atoms with van der Waals surface area (Å²) in [7, 11) is 0. The van der Waals surface area contributed by atoms with Crippen molar-refractivity contribution in [1.29, 1.82) is 5.26 Å². The summed E-state index contributed by atoms with van der Waals surface area (Å²) in [6.45, 7) is 3.62. The monoisotopic (exact) mass is 403 g/mol. The average Bonchev–Trinajstić information content (AvgIpc) is 2.83. The van der Waals surface area contributed by atoms with Crippen LogP contribution in [0.15, 0.2) is 42.5 Å². The first-order valence-electron chi connectivity index (χ1n) is 11.6. The van der Waals surface area contributed by atoms with Crippen LogP contribution < -0.4 is 0 Å². The van der Waals surface area contributed by atoms with Gasteiger partial charge in [-0.1, -0.05) is 62.9 Å².